The lowest BCUT2D eigenvalue weighted by molar-refractivity contribution is -0.141. The molecule has 1 aromatic heterocycles. The van der Waals surface area contributed by atoms with Crippen molar-refractivity contribution in [1.82, 2.24) is 9.29 Å². The van der Waals surface area contributed by atoms with Crippen LogP contribution >= 0.6 is 0 Å². The Labute approximate surface area is 122 Å². The first kappa shape index (κ1) is 14.0. The van der Waals surface area contributed by atoms with Gasteiger partial charge in [-0.25, -0.2) is 8.42 Å². The van der Waals surface area contributed by atoms with Crippen LogP contribution in [0.15, 0.2) is 41.4 Å². The van der Waals surface area contributed by atoms with Crippen molar-refractivity contribution in [3.8, 4) is 0 Å². The molecule has 0 radical (unpaired) electrons. The Bertz CT molecular complexity index is 803. The van der Waals surface area contributed by atoms with Crippen LogP contribution in [0.3, 0.4) is 0 Å². The van der Waals surface area contributed by atoms with E-state index < -0.39 is 21.9 Å². The maximum Gasteiger partial charge on any atom is 0.307 e. The summed E-state index contributed by atoms with van der Waals surface area (Å²) in [5.74, 6) is -1.59. The summed E-state index contributed by atoms with van der Waals surface area (Å²) in [5, 5.41) is 9.72. The third kappa shape index (κ3) is 2.50. The van der Waals surface area contributed by atoms with Gasteiger partial charge in [-0.3, -0.25) is 9.78 Å². The van der Waals surface area contributed by atoms with Gasteiger partial charge in [0.2, 0.25) is 10.0 Å². The third-order valence-corrected chi connectivity index (χ3v) is 5.53. The van der Waals surface area contributed by atoms with E-state index in [9.17, 15) is 13.2 Å². The molecule has 0 amide bonds. The number of carboxylic acid groups (broad SMARTS) is 1. The molecule has 1 aliphatic heterocycles. The molecule has 2 aromatic rings. The summed E-state index contributed by atoms with van der Waals surface area (Å²) in [6.07, 6.45) is 1.67. The summed E-state index contributed by atoms with van der Waals surface area (Å²) in [4.78, 5) is 15.2. The molecule has 21 heavy (non-hydrogen) atoms. The Hall–Kier alpha value is -1.99. The molecule has 3 rings (SSSR count). The van der Waals surface area contributed by atoms with Crippen LogP contribution in [-0.4, -0.2) is 41.9 Å². The Balaban J connectivity index is 1.95. The van der Waals surface area contributed by atoms with Gasteiger partial charge in [0.05, 0.1) is 11.4 Å². The van der Waals surface area contributed by atoms with Crippen molar-refractivity contribution < 1.29 is 18.3 Å². The fourth-order valence-corrected chi connectivity index (χ4v) is 3.97. The van der Waals surface area contributed by atoms with Crippen LogP contribution in [0.1, 0.15) is 6.42 Å². The SMILES string of the molecule is O=C(O)C1CCN(S(=O)(=O)c2cnc3ccccc3c2)C1. The summed E-state index contributed by atoms with van der Waals surface area (Å²) in [6.45, 7) is 0.247. The van der Waals surface area contributed by atoms with Crippen molar-refractivity contribution in [2.75, 3.05) is 13.1 Å². The number of carboxylic acids is 1. The van der Waals surface area contributed by atoms with Gasteiger partial charge in [-0.2, -0.15) is 4.31 Å². The van der Waals surface area contributed by atoms with E-state index in [0.717, 1.165) is 10.9 Å². The number of sulfonamides is 1. The average Bonchev–Trinajstić information content (AvgIpc) is 2.97. The predicted molar refractivity (Wildman–Crippen MR) is 76.2 cm³/mol. The van der Waals surface area contributed by atoms with Crippen molar-refractivity contribution in [1.29, 1.82) is 0 Å². The smallest absolute Gasteiger partial charge is 0.307 e. The van der Waals surface area contributed by atoms with E-state index in [0.29, 0.717) is 6.42 Å². The van der Waals surface area contributed by atoms with Crippen LogP contribution in [0.2, 0.25) is 0 Å². The van der Waals surface area contributed by atoms with Gasteiger partial charge in [0.1, 0.15) is 4.90 Å². The Kier molecular flexibility index (Phi) is 3.38. The van der Waals surface area contributed by atoms with Crippen LogP contribution in [-0.2, 0) is 14.8 Å². The second kappa shape index (κ2) is 5.09. The van der Waals surface area contributed by atoms with Crippen molar-refractivity contribution in [2.45, 2.75) is 11.3 Å². The molecule has 1 aromatic carbocycles. The number of hydrogen-bond acceptors (Lipinski definition) is 4. The standard InChI is InChI=1S/C14H14N2O4S/c17-14(18)11-5-6-16(9-11)21(19,20)12-7-10-3-1-2-4-13(10)15-8-12/h1-4,7-8,11H,5-6,9H2,(H,17,18). The molecule has 1 saturated heterocycles. The van der Waals surface area contributed by atoms with E-state index in [1.54, 1.807) is 12.1 Å². The van der Waals surface area contributed by atoms with Crippen molar-refractivity contribution in [3.63, 3.8) is 0 Å². The first-order chi connectivity index (χ1) is 9.98. The number of hydrogen-bond donors (Lipinski definition) is 1. The monoisotopic (exact) mass is 306 g/mol. The number of fused-ring (bicyclic) bond motifs is 1. The Morgan fingerprint density at radius 1 is 1.33 bits per heavy atom. The molecule has 110 valence electrons. The number of aliphatic carboxylic acids is 1. The molecule has 0 saturated carbocycles. The zero-order chi connectivity index (χ0) is 15.0. The molecule has 0 aliphatic carbocycles. The number of rotatable bonds is 3. The highest BCUT2D eigenvalue weighted by atomic mass is 32.2. The minimum absolute atomic E-state index is 0.0183. The largest absolute Gasteiger partial charge is 0.481 e. The summed E-state index contributed by atoms with van der Waals surface area (Å²) in [5.41, 5.74) is 0.723. The number of benzene rings is 1. The van der Waals surface area contributed by atoms with E-state index in [1.807, 2.05) is 18.2 Å². The predicted octanol–water partition coefficient (Wildman–Crippen LogP) is 1.33. The van der Waals surface area contributed by atoms with Gasteiger partial charge in [-0.1, -0.05) is 18.2 Å². The minimum atomic E-state index is -3.69. The molecule has 1 unspecified atom stereocenters. The van der Waals surface area contributed by atoms with Gasteiger partial charge in [-0.05, 0) is 18.6 Å². The lowest BCUT2D eigenvalue weighted by atomic mass is 10.1. The van der Waals surface area contributed by atoms with Crippen LogP contribution < -0.4 is 0 Å². The normalized spacial score (nSPS) is 19.9. The van der Waals surface area contributed by atoms with Gasteiger partial charge >= 0.3 is 5.97 Å². The Morgan fingerprint density at radius 2 is 2.10 bits per heavy atom. The summed E-state index contributed by atoms with van der Waals surface area (Å²) in [6, 6.07) is 8.83. The van der Waals surface area contributed by atoms with E-state index in [-0.39, 0.29) is 18.0 Å². The van der Waals surface area contributed by atoms with Crippen LogP contribution in [0.5, 0.6) is 0 Å². The number of para-hydroxylation sites is 1. The molecule has 0 bridgehead atoms. The zero-order valence-electron chi connectivity index (χ0n) is 11.1. The maximum absolute atomic E-state index is 12.5. The van der Waals surface area contributed by atoms with Gasteiger partial charge in [0.15, 0.2) is 0 Å². The molecule has 6 nitrogen and oxygen atoms in total. The van der Waals surface area contributed by atoms with E-state index in [1.165, 1.54) is 10.5 Å². The number of carbonyl (C=O) groups is 1. The van der Waals surface area contributed by atoms with E-state index in [2.05, 4.69) is 4.98 Å². The van der Waals surface area contributed by atoms with Crippen LogP contribution in [0.4, 0.5) is 0 Å². The average molecular weight is 306 g/mol. The second-order valence-electron chi connectivity index (χ2n) is 5.05. The van der Waals surface area contributed by atoms with Crippen LogP contribution in [0, 0.1) is 5.92 Å². The molecule has 7 heteroatoms. The van der Waals surface area contributed by atoms with Gasteiger partial charge < -0.3 is 5.11 Å². The highest BCUT2D eigenvalue weighted by Gasteiger charge is 2.35. The van der Waals surface area contributed by atoms with Gasteiger partial charge in [-0.15, -0.1) is 0 Å². The highest BCUT2D eigenvalue weighted by Crippen LogP contribution is 2.25. The zero-order valence-corrected chi connectivity index (χ0v) is 12.0. The molecule has 1 atom stereocenters. The maximum atomic E-state index is 12.5. The quantitative estimate of drug-likeness (QED) is 0.924. The Morgan fingerprint density at radius 3 is 2.81 bits per heavy atom. The lowest BCUT2D eigenvalue weighted by Crippen LogP contribution is -2.30. The first-order valence-electron chi connectivity index (χ1n) is 6.56. The van der Waals surface area contributed by atoms with E-state index in [4.69, 9.17) is 5.11 Å². The first-order valence-corrected chi connectivity index (χ1v) is 8.00. The third-order valence-electron chi connectivity index (χ3n) is 3.70. The molecule has 1 aliphatic rings. The van der Waals surface area contributed by atoms with Crippen molar-refractivity contribution >= 4 is 26.9 Å². The number of nitrogens with zero attached hydrogens (tertiary/aromatic N) is 2. The summed E-state index contributed by atoms with van der Waals surface area (Å²) < 4.78 is 26.3. The molecule has 2 heterocycles. The summed E-state index contributed by atoms with van der Waals surface area (Å²) >= 11 is 0. The lowest BCUT2D eigenvalue weighted by Gasteiger charge is -2.16. The molecular formula is C14H14N2O4S. The fraction of sp³-hybridized carbons (Fsp3) is 0.286. The van der Waals surface area contributed by atoms with Gasteiger partial charge in [0.25, 0.3) is 0 Å². The van der Waals surface area contributed by atoms with Crippen molar-refractivity contribution in [3.05, 3.63) is 36.5 Å². The van der Waals surface area contributed by atoms with Gasteiger partial charge in [0, 0.05) is 24.7 Å². The molecule has 1 fully saturated rings. The van der Waals surface area contributed by atoms with Crippen LogP contribution in [0.25, 0.3) is 10.9 Å². The van der Waals surface area contributed by atoms with E-state index >= 15 is 0 Å². The fourth-order valence-electron chi connectivity index (χ4n) is 2.49. The number of aromatic nitrogens is 1. The summed E-state index contributed by atoms with van der Waals surface area (Å²) in [7, 11) is -3.69. The number of pyridine rings is 1. The molecule has 1 N–H and O–H groups in total. The van der Waals surface area contributed by atoms with Crippen molar-refractivity contribution in [2.24, 2.45) is 5.92 Å². The minimum Gasteiger partial charge on any atom is -0.481 e. The topological polar surface area (TPSA) is 87.6 Å². The second-order valence-corrected chi connectivity index (χ2v) is 6.99. The molecular weight excluding hydrogens is 292 g/mol. The molecule has 0 spiro atoms. The highest BCUT2D eigenvalue weighted by molar-refractivity contribution is 7.89.